The third kappa shape index (κ3) is 4.18. The van der Waals surface area contributed by atoms with E-state index >= 15 is 0 Å². The summed E-state index contributed by atoms with van der Waals surface area (Å²) in [7, 11) is 1.91. The lowest BCUT2D eigenvalue weighted by Crippen LogP contribution is -2.26. The van der Waals surface area contributed by atoms with Crippen LogP contribution in [0.25, 0.3) is 11.3 Å². The molecule has 5 nitrogen and oxygen atoms in total. The minimum atomic E-state index is -4.76. The van der Waals surface area contributed by atoms with E-state index in [1.807, 2.05) is 17.3 Å². The molecule has 11 heteroatoms. The molecule has 0 aliphatic carbocycles. The Morgan fingerprint density at radius 1 is 1.30 bits per heavy atom. The van der Waals surface area contributed by atoms with Crippen molar-refractivity contribution in [2.75, 3.05) is 24.0 Å². The van der Waals surface area contributed by atoms with Crippen LogP contribution >= 0.6 is 22.7 Å². The number of benzene rings is 1. The molecule has 0 radical (unpaired) electrons. The Morgan fingerprint density at radius 2 is 2.10 bits per heavy atom. The van der Waals surface area contributed by atoms with Crippen molar-refractivity contribution in [3.63, 3.8) is 0 Å². The molecule has 0 saturated heterocycles. The number of nitrogens with zero attached hydrogens (tertiary/aromatic N) is 2. The van der Waals surface area contributed by atoms with Crippen molar-refractivity contribution in [1.29, 1.82) is 0 Å². The predicted octanol–water partition coefficient (Wildman–Crippen LogP) is 5.13. The quantitative estimate of drug-likeness (QED) is 0.552. The molecule has 1 N–H and O–H groups in total. The summed E-state index contributed by atoms with van der Waals surface area (Å²) in [4.78, 5) is 19.5. The first-order valence-electron chi connectivity index (χ1n) is 8.73. The van der Waals surface area contributed by atoms with Gasteiger partial charge in [0.05, 0.1) is 30.0 Å². The Kier molecular flexibility index (Phi) is 5.51. The minimum Gasteiger partial charge on any atom is -0.356 e. The number of aromatic nitrogens is 1. The average Bonchev–Trinajstić information content (AvgIpc) is 3.29. The fraction of sp³-hybridized carbons (Fsp3) is 0.263. The van der Waals surface area contributed by atoms with Crippen LogP contribution < -0.4 is 10.2 Å². The van der Waals surface area contributed by atoms with Gasteiger partial charge < -0.3 is 15.0 Å². The number of thiazole rings is 1. The Bertz CT molecular complexity index is 1090. The normalized spacial score (nSPS) is 14.0. The standard InChI is InChI=1S/C19H15F4N3O2S2/c1-26-9-28-6-11-15(26)8-29-16(11)5-17(27)25-18-24-14(7-30-18)10-2-3-12(13(20)4-10)19(21,22)23/h2-4,7-8H,5-6,9H2,1H3,(H,24,25,27). The number of ether oxygens (including phenoxy) is 1. The zero-order chi connectivity index (χ0) is 21.5. The van der Waals surface area contributed by atoms with Crippen molar-refractivity contribution in [3.8, 4) is 11.3 Å². The molecular formula is C19H15F4N3O2S2. The predicted molar refractivity (Wildman–Crippen MR) is 107 cm³/mol. The SMILES string of the molecule is CN1COCc2c1csc2CC(=O)Nc1nc(-c2ccc(C(F)(F)F)c(F)c2)cs1. The van der Waals surface area contributed by atoms with Crippen LogP contribution in [0.15, 0.2) is 29.0 Å². The van der Waals surface area contributed by atoms with Crippen LogP contribution in [0.2, 0.25) is 0 Å². The molecule has 1 amide bonds. The summed E-state index contributed by atoms with van der Waals surface area (Å²) < 4.78 is 57.4. The number of carbonyl (C=O) groups excluding carboxylic acids is 1. The molecule has 0 unspecified atom stereocenters. The van der Waals surface area contributed by atoms with Gasteiger partial charge in [0, 0.05) is 33.8 Å². The van der Waals surface area contributed by atoms with Crippen molar-refractivity contribution in [3.05, 3.63) is 50.8 Å². The first-order valence-corrected chi connectivity index (χ1v) is 10.5. The Labute approximate surface area is 176 Å². The number of rotatable bonds is 4. The van der Waals surface area contributed by atoms with Gasteiger partial charge in [-0.05, 0) is 12.1 Å². The minimum absolute atomic E-state index is 0.154. The second kappa shape index (κ2) is 7.97. The molecule has 1 aliphatic heterocycles. The summed E-state index contributed by atoms with van der Waals surface area (Å²) in [6.45, 7) is 0.953. The number of hydrogen-bond donors (Lipinski definition) is 1. The zero-order valence-electron chi connectivity index (χ0n) is 15.5. The molecule has 30 heavy (non-hydrogen) atoms. The van der Waals surface area contributed by atoms with Crippen LogP contribution in [0.3, 0.4) is 0 Å². The summed E-state index contributed by atoms with van der Waals surface area (Å²) >= 11 is 2.59. The van der Waals surface area contributed by atoms with Crippen molar-refractivity contribution in [1.82, 2.24) is 4.98 Å². The lowest BCUT2D eigenvalue weighted by molar-refractivity contribution is -0.140. The van der Waals surface area contributed by atoms with Crippen LogP contribution in [0.4, 0.5) is 28.4 Å². The summed E-state index contributed by atoms with van der Waals surface area (Å²) in [6.07, 6.45) is -4.61. The number of halogens is 4. The van der Waals surface area contributed by atoms with Crippen molar-refractivity contribution < 1.29 is 27.1 Å². The highest BCUT2D eigenvalue weighted by atomic mass is 32.1. The van der Waals surface area contributed by atoms with E-state index in [0.717, 1.165) is 39.6 Å². The van der Waals surface area contributed by atoms with E-state index in [0.29, 0.717) is 19.4 Å². The van der Waals surface area contributed by atoms with Crippen molar-refractivity contribution >= 4 is 39.4 Å². The number of carbonyl (C=O) groups is 1. The Balaban J connectivity index is 1.45. The molecule has 3 heterocycles. The number of nitrogens with one attached hydrogen (secondary N) is 1. The highest BCUT2D eigenvalue weighted by Gasteiger charge is 2.34. The molecule has 4 rings (SSSR count). The summed E-state index contributed by atoms with van der Waals surface area (Å²) in [5.74, 6) is -1.64. The first kappa shape index (κ1) is 20.8. The molecule has 0 spiro atoms. The van der Waals surface area contributed by atoms with Crippen molar-refractivity contribution in [2.45, 2.75) is 19.2 Å². The second-order valence-electron chi connectivity index (χ2n) is 6.65. The van der Waals surface area contributed by atoms with Crippen molar-refractivity contribution in [2.24, 2.45) is 0 Å². The molecule has 0 atom stereocenters. The topological polar surface area (TPSA) is 54.5 Å². The number of fused-ring (bicyclic) bond motifs is 1. The summed E-state index contributed by atoms with van der Waals surface area (Å²) in [5.41, 5.74) is 1.19. The molecule has 158 valence electrons. The monoisotopic (exact) mass is 457 g/mol. The number of alkyl halides is 3. The number of amides is 1. The van der Waals surface area contributed by atoms with Gasteiger partial charge in [-0.2, -0.15) is 13.2 Å². The van der Waals surface area contributed by atoms with Crippen LogP contribution in [-0.4, -0.2) is 24.7 Å². The molecule has 3 aromatic rings. The largest absolute Gasteiger partial charge is 0.419 e. The van der Waals surface area contributed by atoms with Crippen LogP contribution in [0.1, 0.15) is 16.0 Å². The van der Waals surface area contributed by atoms with Crippen LogP contribution in [0.5, 0.6) is 0 Å². The van der Waals surface area contributed by atoms with Gasteiger partial charge in [0.1, 0.15) is 12.5 Å². The van der Waals surface area contributed by atoms with Gasteiger partial charge in [-0.25, -0.2) is 9.37 Å². The molecule has 0 fully saturated rings. The van der Waals surface area contributed by atoms with E-state index < -0.39 is 17.6 Å². The Hall–Kier alpha value is -2.50. The van der Waals surface area contributed by atoms with Gasteiger partial charge in [-0.3, -0.25) is 4.79 Å². The zero-order valence-corrected chi connectivity index (χ0v) is 17.2. The molecular weight excluding hydrogens is 442 g/mol. The van der Waals surface area contributed by atoms with E-state index in [9.17, 15) is 22.4 Å². The molecule has 2 aromatic heterocycles. The highest BCUT2D eigenvalue weighted by Crippen LogP contribution is 2.35. The average molecular weight is 457 g/mol. The maximum atomic E-state index is 13.8. The van der Waals surface area contributed by atoms with Gasteiger partial charge in [0.2, 0.25) is 5.91 Å². The highest BCUT2D eigenvalue weighted by molar-refractivity contribution is 7.14. The maximum Gasteiger partial charge on any atom is 0.419 e. The molecule has 1 aliphatic rings. The van der Waals surface area contributed by atoms with Gasteiger partial charge in [0.25, 0.3) is 0 Å². The van der Waals surface area contributed by atoms with E-state index in [4.69, 9.17) is 4.74 Å². The number of hydrogen-bond acceptors (Lipinski definition) is 6. The lowest BCUT2D eigenvalue weighted by Gasteiger charge is -2.25. The van der Waals surface area contributed by atoms with Crippen LogP contribution in [-0.2, 0) is 28.7 Å². The number of thiophene rings is 1. The van der Waals surface area contributed by atoms with Gasteiger partial charge >= 0.3 is 6.18 Å². The van der Waals surface area contributed by atoms with E-state index in [1.54, 1.807) is 5.38 Å². The number of anilines is 2. The maximum absolute atomic E-state index is 13.8. The second-order valence-corrected chi connectivity index (χ2v) is 8.48. The summed E-state index contributed by atoms with van der Waals surface area (Å²) in [5, 5.41) is 6.51. The fourth-order valence-electron chi connectivity index (χ4n) is 3.07. The third-order valence-electron chi connectivity index (χ3n) is 4.54. The molecule has 0 saturated carbocycles. The van der Waals surface area contributed by atoms with E-state index in [2.05, 4.69) is 10.3 Å². The first-order chi connectivity index (χ1) is 14.2. The van der Waals surface area contributed by atoms with Gasteiger partial charge in [-0.15, -0.1) is 22.7 Å². The molecule has 1 aromatic carbocycles. The fourth-order valence-corrected chi connectivity index (χ4v) is 4.90. The van der Waals surface area contributed by atoms with Gasteiger partial charge in [0.15, 0.2) is 5.13 Å². The molecule has 0 bridgehead atoms. The smallest absolute Gasteiger partial charge is 0.356 e. The Morgan fingerprint density at radius 3 is 2.83 bits per heavy atom. The summed E-state index contributed by atoms with van der Waals surface area (Å²) in [6, 6.07) is 2.63. The van der Waals surface area contributed by atoms with E-state index in [1.165, 1.54) is 11.3 Å². The van der Waals surface area contributed by atoms with Gasteiger partial charge in [-0.1, -0.05) is 6.07 Å². The lowest BCUT2D eigenvalue weighted by atomic mass is 10.1. The third-order valence-corrected chi connectivity index (χ3v) is 6.32. The van der Waals surface area contributed by atoms with Crippen LogP contribution in [0, 0.1) is 5.82 Å². The van der Waals surface area contributed by atoms with E-state index in [-0.39, 0.29) is 28.7 Å².